The van der Waals surface area contributed by atoms with Gasteiger partial charge in [-0.15, -0.1) is 11.8 Å². The lowest BCUT2D eigenvalue weighted by Gasteiger charge is -2.12. The molecule has 0 aromatic heterocycles. The number of rotatable bonds is 5. The molecule has 0 saturated carbocycles. The van der Waals surface area contributed by atoms with Crippen LogP contribution in [0.25, 0.3) is 0 Å². The third-order valence-electron chi connectivity index (χ3n) is 2.61. The molecule has 70 valence electrons. The SMILES string of the molecule is CCCCCCC1C=CSC1C. The second-order valence-electron chi connectivity index (χ2n) is 3.68. The van der Waals surface area contributed by atoms with Gasteiger partial charge in [-0.05, 0) is 17.7 Å². The molecule has 0 aliphatic carbocycles. The molecular weight excluding hydrogens is 164 g/mol. The van der Waals surface area contributed by atoms with Crippen molar-refractivity contribution < 1.29 is 0 Å². The first-order valence-corrected chi connectivity index (χ1v) is 6.11. The summed E-state index contributed by atoms with van der Waals surface area (Å²) in [5.74, 6) is 0.867. The van der Waals surface area contributed by atoms with Gasteiger partial charge < -0.3 is 0 Å². The summed E-state index contributed by atoms with van der Waals surface area (Å²) >= 11 is 1.99. The Bertz CT molecular complexity index is 140. The van der Waals surface area contributed by atoms with Crippen LogP contribution in [0.2, 0.25) is 0 Å². The van der Waals surface area contributed by atoms with Crippen molar-refractivity contribution in [3.8, 4) is 0 Å². The van der Waals surface area contributed by atoms with E-state index in [9.17, 15) is 0 Å². The van der Waals surface area contributed by atoms with Crippen molar-refractivity contribution in [2.75, 3.05) is 0 Å². The lowest BCUT2D eigenvalue weighted by Crippen LogP contribution is -2.06. The Kier molecular flexibility index (Phi) is 4.82. The molecule has 1 aliphatic rings. The molecule has 0 aromatic rings. The van der Waals surface area contributed by atoms with Crippen LogP contribution in [0, 0.1) is 5.92 Å². The maximum atomic E-state index is 2.39. The van der Waals surface area contributed by atoms with Crippen molar-refractivity contribution in [1.29, 1.82) is 0 Å². The smallest absolute Gasteiger partial charge is 0.0123 e. The molecule has 2 unspecified atom stereocenters. The van der Waals surface area contributed by atoms with E-state index in [1.54, 1.807) is 0 Å². The van der Waals surface area contributed by atoms with E-state index >= 15 is 0 Å². The van der Waals surface area contributed by atoms with E-state index in [-0.39, 0.29) is 0 Å². The Balaban J connectivity index is 2.02. The first kappa shape index (κ1) is 10.2. The van der Waals surface area contributed by atoms with E-state index in [1.807, 2.05) is 11.8 Å². The van der Waals surface area contributed by atoms with Gasteiger partial charge in [-0.3, -0.25) is 0 Å². The van der Waals surface area contributed by atoms with Crippen LogP contribution < -0.4 is 0 Å². The zero-order valence-corrected chi connectivity index (χ0v) is 9.07. The van der Waals surface area contributed by atoms with Crippen molar-refractivity contribution >= 4 is 11.8 Å². The van der Waals surface area contributed by atoms with E-state index in [2.05, 4.69) is 25.3 Å². The number of allylic oxidation sites excluding steroid dienone is 1. The van der Waals surface area contributed by atoms with E-state index in [0.29, 0.717) is 0 Å². The molecule has 1 heteroatoms. The molecule has 0 fully saturated rings. The third kappa shape index (κ3) is 3.22. The van der Waals surface area contributed by atoms with Crippen LogP contribution in [0.4, 0.5) is 0 Å². The number of hydrogen-bond acceptors (Lipinski definition) is 1. The molecule has 1 heterocycles. The quantitative estimate of drug-likeness (QED) is 0.576. The van der Waals surface area contributed by atoms with Gasteiger partial charge in [-0.2, -0.15) is 0 Å². The van der Waals surface area contributed by atoms with Crippen LogP contribution in [-0.2, 0) is 0 Å². The lowest BCUT2D eigenvalue weighted by molar-refractivity contribution is 0.532. The topological polar surface area (TPSA) is 0 Å². The summed E-state index contributed by atoms with van der Waals surface area (Å²) in [5.41, 5.74) is 0. The fraction of sp³-hybridized carbons (Fsp3) is 0.818. The van der Waals surface area contributed by atoms with E-state index in [4.69, 9.17) is 0 Å². The lowest BCUT2D eigenvalue weighted by atomic mass is 9.98. The van der Waals surface area contributed by atoms with Crippen molar-refractivity contribution in [3.05, 3.63) is 11.5 Å². The highest BCUT2D eigenvalue weighted by Crippen LogP contribution is 2.32. The predicted molar refractivity (Wildman–Crippen MR) is 58.4 cm³/mol. The Morgan fingerprint density at radius 2 is 2.08 bits per heavy atom. The maximum absolute atomic E-state index is 2.39. The number of thioether (sulfide) groups is 1. The third-order valence-corrected chi connectivity index (χ3v) is 3.71. The molecule has 2 atom stereocenters. The molecule has 0 nitrogen and oxygen atoms in total. The van der Waals surface area contributed by atoms with E-state index in [1.165, 1.54) is 32.1 Å². The first-order chi connectivity index (χ1) is 5.84. The van der Waals surface area contributed by atoms with Crippen LogP contribution in [0.3, 0.4) is 0 Å². The zero-order valence-electron chi connectivity index (χ0n) is 8.25. The Labute approximate surface area is 80.8 Å². The molecule has 0 saturated heterocycles. The van der Waals surface area contributed by atoms with Gasteiger partial charge in [-0.25, -0.2) is 0 Å². The average molecular weight is 184 g/mol. The summed E-state index contributed by atoms with van der Waals surface area (Å²) in [6.45, 7) is 4.61. The molecule has 0 spiro atoms. The summed E-state index contributed by atoms with van der Waals surface area (Å²) in [6.07, 6.45) is 9.42. The number of unbranched alkanes of at least 4 members (excludes halogenated alkanes) is 3. The van der Waals surface area contributed by atoms with Crippen LogP contribution in [0.15, 0.2) is 11.5 Å². The normalized spacial score (nSPS) is 28.2. The van der Waals surface area contributed by atoms with Crippen LogP contribution >= 0.6 is 11.8 Å². The molecule has 0 amide bonds. The second-order valence-corrected chi connectivity index (χ2v) is 4.97. The zero-order chi connectivity index (χ0) is 8.81. The summed E-state index contributed by atoms with van der Waals surface area (Å²) in [7, 11) is 0. The maximum Gasteiger partial charge on any atom is 0.0123 e. The molecule has 12 heavy (non-hydrogen) atoms. The Hall–Kier alpha value is 0.0900. The summed E-state index contributed by atoms with van der Waals surface area (Å²) in [5, 5.41) is 3.11. The van der Waals surface area contributed by atoms with Gasteiger partial charge in [0.1, 0.15) is 0 Å². The van der Waals surface area contributed by atoms with Gasteiger partial charge in [-0.1, -0.05) is 45.6 Å². The predicted octanol–water partition coefficient (Wildman–Crippen LogP) is 4.22. The molecule has 0 bridgehead atoms. The van der Waals surface area contributed by atoms with Gasteiger partial charge in [0.25, 0.3) is 0 Å². The van der Waals surface area contributed by atoms with Crippen LogP contribution in [-0.4, -0.2) is 5.25 Å². The minimum absolute atomic E-state index is 0.839. The highest BCUT2D eigenvalue weighted by Gasteiger charge is 2.17. The first-order valence-electron chi connectivity index (χ1n) is 5.16. The van der Waals surface area contributed by atoms with Gasteiger partial charge in [0.2, 0.25) is 0 Å². The second kappa shape index (κ2) is 5.69. The van der Waals surface area contributed by atoms with E-state index in [0.717, 1.165) is 11.2 Å². The highest BCUT2D eigenvalue weighted by molar-refractivity contribution is 8.02. The highest BCUT2D eigenvalue weighted by atomic mass is 32.2. The summed E-state index contributed by atoms with van der Waals surface area (Å²) in [4.78, 5) is 0. The summed E-state index contributed by atoms with van der Waals surface area (Å²) in [6, 6.07) is 0. The van der Waals surface area contributed by atoms with Gasteiger partial charge in [0, 0.05) is 5.25 Å². The van der Waals surface area contributed by atoms with Gasteiger partial charge in [0.05, 0.1) is 0 Å². The molecular formula is C11H20S. The molecule has 1 aliphatic heterocycles. The van der Waals surface area contributed by atoms with Crippen molar-refractivity contribution in [1.82, 2.24) is 0 Å². The molecule has 0 N–H and O–H groups in total. The Morgan fingerprint density at radius 1 is 1.25 bits per heavy atom. The number of hydrogen-bond donors (Lipinski definition) is 0. The molecule has 0 aromatic carbocycles. The fourth-order valence-corrected chi connectivity index (χ4v) is 2.63. The standard InChI is InChI=1S/C11H20S/c1-3-4-5-6-7-11-8-9-12-10(11)2/h8-11H,3-7H2,1-2H3. The summed E-state index contributed by atoms with van der Waals surface area (Å²) < 4.78 is 0. The van der Waals surface area contributed by atoms with Crippen LogP contribution in [0.5, 0.6) is 0 Å². The van der Waals surface area contributed by atoms with Crippen molar-refractivity contribution in [2.24, 2.45) is 5.92 Å². The Morgan fingerprint density at radius 3 is 2.67 bits per heavy atom. The minimum atomic E-state index is 0.839. The molecule has 0 radical (unpaired) electrons. The average Bonchev–Trinajstić information content (AvgIpc) is 2.46. The van der Waals surface area contributed by atoms with Crippen molar-refractivity contribution in [3.63, 3.8) is 0 Å². The van der Waals surface area contributed by atoms with Crippen LogP contribution in [0.1, 0.15) is 46.0 Å². The van der Waals surface area contributed by atoms with Gasteiger partial charge in [0.15, 0.2) is 0 Å². The monoisotopic (exact) mass is 184 g/mol. The minimum Gasteiger partial charge on any atom is -0.131 e. The van der Waals surface area contributed by atoms with E-state index < -0.39 is 0 Å². The van der Waals surface area contributed by atoms with Gasteiger partial charge >= 0.3 is 0 Å². The fourth-order valence-electron chi connectivity index (χ4n) is 1.67. The van der Waals surface area contributed by atoms with Crippen molar-refractivity contribution in [2.45, 2.75) is 51.2 Å². The largest absolute Gasteiger partial charge is 0.131 e. The molecule has 1 rings (SSSR count).